The van der Waals surface area contributed by atoms with Crippen molar-refractivity contribution in [2.45, 2.75) is 69.7 Å². The smallest absolute Gasteiger partial charge is 0.310 e. The zero-order valence-electron chi connectivity index (χ0n) is 21.3. The molecule has 2 atom stereocenters. The second-order valence-corrected chi connectivity index (χ2v) is 11.6. The third-order valence-corrected chi connectivity index (χ3v) is 9.19. The van der Waals surface area contributed by atoms with Crippen LogP contribution in [0.25, 0.3) is 0 Å². The lowest BCUT2D eigenvalue weighted by molar-refractivity contribution is -0.156. The molecular weight excluding hydrogens is 446 g/mol. The first kappa shape index (κ1) is 25.0. The van der Waals surface area contributed by atoms with E-state index in [1.807, 2.05) is 18.2 Å². The van der Waals surface area contributed by atoms with Crippen molar-refractivity contribution in [1.82, 2.24) is 10.2 Å². The predicted octanol–water partition coefficient (Wildman–Crippen LogP) is 5.36. The molecule has 2 aromatic rings. The highest BCUT2D eigenvalue weighted by Gasteiger charge is 2.47. The molecule has 0 bridgehead atoms. The molecule has 1 aliphatic heterocycles. The molecule has 2 saturated carbocycles. The molecule has 3 aliphatic rings. The molecule has 0 aromatic heterocycles. The van der Waals surface area contributed by atoms with Gasteiger partial charge in [0, 0.05) is 25.0 Å². The highest BCUT2D eigenvalue weighted by Crippen LogP contribution is 2.45. The summed E-state index contributed by atoms with van der Waals surface area (Å²) in [7, 11) is 0. The Morgan fingerprint density at radius 2 is 1.86 bits per heavy atom. The maximum Gasteiger partial charge on any atom is 0.310 e. The standard InChI is InChI=1S/C31H39N3O2/c32-21-25-8-4-7-24(19-25)9-5-12-30(22-33-28-20-27(28)26-10-2-1-3-11-26)15-17-34(18-16-30)23-31(29(35)36)13-6-14-31/h1-4,7-8,10-11,19,27-28,33H,5-6,9,12-18,20,22-23H2,(H,35,36)/t27?,28-/m1/s1. The summed E-state index contributed by atoms with van der Waals surface area (Å²) in [6, 6.07) is 21.7. The van der Waals surface area contributed by atoms with Gasteiger partial charge in [-0.2, -0.15) is 5.26 Å². The third kappa shape index (κ3) is 5.66. The third-order valence-electron chi connectivity index (χ3n) is 9.19. The minimum atomic E-state index is -0.604. The van der Waals surface area contributed by atoms with Gasteiger partial charge in [-0.15, -0.1) is 0 Å². The minimum absolute atomic E-state index is 0.253. The molecule has 1 saturated heterocycles. The summed E-state index contributed by atoms with van der Waals surface area (Å²) in [4.78, 5) is 14.3. The first-order valence-electron chi connectivity index (χ1n) is 13.7. The zero-order chi connectivity index (χ0) is 25.0. The van der Waals surface area contributed by atoms with E-state index in [9.17, 15) is 15.2 Å². The van der Waals surface area contributed by atoms with E-state index < -0.39 is 11.4 Å². The lowest BCUT2D eigenvalue weighted by Crippen LogP contribution is -2.52. The summed E-state index contributed by atoms with van der Waals surface area (Å²) >= 11 is 0. The topological polar surface area (TPSA) is 76.4 Å². The molecule has 5 nitrogen and oxygen atoms in total. The predicted molar refractivity (Wildman–Crippen MR) is 142 cm³/mol. The SMILES string of the molecule is N#Cc1cccc(CCCC2(CN[C@@H]3CC3c3ccccc3)CCN(CC3(C(=O)O)CCC3)CC2)c1. The van der Waals surface area contributed by atoms with Gasteiger partial charge in [-0.1, -0.05) is 48.9 Å². The van der Waals surface area contributed by atoms with E-state index in [-0.39, 0.29) is 5.41 Å². The zero-order valence-corrected chi connectivity index (χ0v) is 21.3. The average Bonchev–Trinajstić information content (AvgIpc) is 3.66. The summed E-state index contributed by atoms with van der Waals surface area (Å²) in [5.74, 6) is 0.0265. The van der Waals surface area contributed by atoms with Gasteiger partial charge in [0.25, 0.3) is 0 Å². The van der Waals surface area contributed by atoms with Crippen molar-refractivity contribution in [3.63, 3.8) is 0 Å². The number of carboxylic acid groups (broad SMARTS) is 1. The number of rotatable bonds is 11. The Morgan fingerprint density at radius 3 is 2.53 bits per heavy atom. The molecule has 36 heavy (non-hydrogen) atoms. The fraction of sp³-hybridized carbons (Fsp3) is 0.548. The van der Waals surface area contributed by atoms with Crippen molar-refractivity contribution in [3.8, 4) is 6.07 Å². The number of piperidine rings is 1. The Bertz CT molecular complexity index is 1080. The van der Waals surface area contributed by atoms with E-state index in [1.54, 1.807) is 0 Å². The van der Waals surface area contributed by atoms with Crippen LogP contribution in [0.4, 0.5) is 0 Å². The van der Waals surface area contributed by atoms with Crippen LogP contribution in [0.2, 0.25) is 0 Å². The first-order chi connectivity index (χ1) is 17.5. The molecule has 0 amide bonds. The van der Waals surface area contributed by atoms with Gasteiger partial charge in [0.05, 0.1) is 17.0 Å². The highest BCUT2D eigenvalue weighted by atomic mass is 16.4. The molecule has 5 heteroatoms. The van der Waals surface area contributed by atoms with E-state index >= 15 is 0 Å². The van der Waals surface area contributed by atoms with Gasteiger partial charge in [0.2, 0.25) is 0 Å². The van der Waals surface area contributed by atoms with E-state index in [4.69, 9.17) is 0 Å². The van der Waals surface area contributed by atoms with E-state index in [1.165, 1.54) is 17.5 Å². The molecule has 0 spiro atoms. The molecule has 3 fully saturated rings. The Balaban J connectivity index is 1.19. The number of benzene rings is 2. The van der Waals surface area contributed by atoms with Crippen molar-refractivity contribution in [1.29, 1.82) is 5.26 Å². The molecular formula is C31H39N3O2. The second-order valence-electron chi connectivity index (χ2n) is 11.6. The number of nitrogens with one attached hydrogen (secondary N) is 1. The van der Waals surface area contributed by atoms with Crippen molar-refractivity contribution in [2.24, 2.45) is 10.8 Å². The van der Waals surface area contributed by atoms with Gasteiger partial charge in [-0.25, -0.2) is 0 Å². The largest absolute Gasteiger partial charge is 0.481 e. The number of aliphatic carboxylic acids is 1. The molecule has 5 rings (SSSR count). The maximum absolute atomic E-state index is 11.9. The Morgan fingerprint density at radius 1 is 1.08 bits per heavy atom. The number of nitriles is 1. The van der Waals surface area contributed by atoms with Crippen LogP contribution in [0.15, 0.2) is 54.6 Å². The lowest BCUT2D eigenvalue weighted by atomic mass is 9.67. The maximum atomic E-state index is 11.9. The first-order valence-corrected chi connectivity index (χ1v) is 13.7. The molecule has 0 radical (unpaired) electrons. The molecule has 2 aliphatic carbocycles. The number of carbonyl (C=O) groups is 1. The molecule has 190 valence electrons. The van der Waals surface area contributed by atoms with Crippen LogP contribution in [0.3, 0.4) is 0 Å². The van der Waals surface area contributed by atoms with Crippen LogP contribution in [0, 0.1) is 22.2 Å². The summed E-state index contributed by atoms with van der Waals surface area (Å²) in [6.45, 7) is 3.74. The highest BCUT2D eigenvalue weighted by molar-refractivity contribution is 5.76. The Hall–Kier alpha value is -2.68. The summed E-state index contributed by atoms with van der Waals surface area (Å²) in [5, 5.41) is 22.9. The number of aryl methyl sites for hydroxylation is 1. The fourth-order valence-electron chi connectivity index (χ4n) is 6.47. The Labute approximate surface area is 215 Å². The van der Waals surface area contributed by atoms with Gasteiger partial charge in [0.15, 0.2) is 0 Å². The van der Waals surface area contributed by atoms with Crippen LogP contribution in [-0.4, -0.2) is 48.2 Å². The minimum Gasteiger partial charge on any atom is -0.481 e. The molecule has 1 heterocycles. The lowest BCUT2D eigenvalue weighted by Gasteiger charge is -2.47. The number of hydrogen-bond acceptors (Lipinski definition) is 4. The number of hydrogen-bond donors (Lipinski definition) is 2. The van der Waals surface area contributed by atoms with Crippen molar-refractivity contribution in [2.75, 3.05) is 26.2 Å². The number of nitrogens with zero attached hydrogens (tertiary/aromatic N) is 2. The Kier molecular flexibility index (Phi) is 7.46. The van der Waals surface area contributed by atoms with E-state index in [0.29, 0.717) is 18.5 Å². The van der Waals surface area contributed by atoms with Crippen molar-refractivity contribution < 1.29 is 9.90 Å². The fourth-order valence-corrected chi connectivity index (χ4v) is 6.47. The van der Waals surface area contributed by atoms with Gasteiger partial charge in [0.1, 0.15) is 0 Å². The molecule has 2 N–H and O–H groups in total. The quantitative estimate of drug-likeness (QED) is 0.448. The molecule has 2 aromatic carbocycles. The average molecular weight is 486 g/mol. The number of likely N-dealkylation sites (tertiary alicyclic amines) is 1. The molecule has 1 unspecified atom stereocenters. The second kappa shape index (κ2) is 10.7. The van der Waals surface area contributed by atoms with Crippen molar-refractivity contribution >= 4 is 5.97 Å². The van der Waals surface area contributed by atoms with Crippen LogP contribution < -0.4 is 5.32 Å². The normalized spacial score (nSPS) is 24.4. The van der Waals surface area contributed by atoms with Gasteiger partial charge >= 0.3 is 5.97 Å². The van der Waals surface area contributed by atoms with Crippen LogP contribution in [0.1, 0.15) is 74.0 Å². The summed E-state index contributed by atoms with van der Waals surface area (Å²) in [5.41, 5.74) is 3.18. The van der Waals surface area contributed by atoms with Gasteiger partial charge in [-0.05, 0) is 93.1 Å². The van der Waals surface area contributed by atoms with Crippen molar-refractivity contribution in [3.05, 3.63) is 71.3 Å². The van der Waals surface area contributed by atoms with Crippen LogP contribution in [-0.2, 0) is 11.2 Å². The monoisotopic (exact) mass is 485 g/mol. The van der Waals surface area contributed by atoms with E-state index in [0.717, 1.165) is 76.6 Å². The van der Waals surface area contributed by atoms with Gasteiger partial charge < -0.3 is 15.3 Å². The van der Waals surface area contributed by atoms with Crippen LogP contribution in [0.5, 0.6) is 0 Å². The number of carboxylic acids is 1. The van der Waals surface area contributed by atoms with Gasteiger partial charge in [-0.3, -0.25) is 4.79 Å². The van der Waals surface area contributed by atoms with E-state index in [2.05, 4.69) is 52.7 Å². The summed E-state index contributed by atoms with van der Waals surface area (Å²) < 4.78 is 0. The summed E-state index contributed by atoms with van der Waals surface area (Å²) in [6.07, 6.45) is 9.44. The van der Waals surface area contributed by atoms with Crippen LogP contribution >= 0.6 is 0 Å².